The molecular formula is C20H17F3N4O2. The summed E-state index contributed by atoms with van der Waals surface area (Å²) in [7, 11) is 0. The lowest BCUT2D eigenvalue weighted by Crippen LogP contribution is -2.47. The van der Waals surface area contributed by atoms with Gasteiger partial charge in [-0.15, -0.1) is 0 Å². The summed E-state index contributed by atoms with van der Waals surface area (Å²) in [5.74, 6) is -2.56. The van der Waals surface area contributed by atoms with E-state index in [9.17, 15) is 18.4 Å². The molecule has 2 aromatic rings. The minimum atomic E-state index is -1.02. The highest BCUT2D eigenvalue weighted by molar-refractivity contribution is 6.01. The summed E-state index contributed by atoms with van der Waals surface area (Å²) < 4.78 is 41.5. The van der Waals surface area contributed by atoms with E-state index in [0.29, 0.717) is 30.4 Å². The van der Waals surface area contributed by atoms with Crippen molar-refractivity contribution in [2.75, 3.05) is 18.4 Å². The minimum Gasteiger partial charge on any atom is -0.328 e. The summed E-state index contributed by atoms with van der Waals surface area (Å²) in [6.45, 7) is -0.0278. The zero-order valence-corrected chi connectivity index (χ0v) is 15.3. The fourth-order valence-electron chi connectivity index (χ4n) is 4.15. The van der Waals surface area contributed by atoms with E-state index < -0.39 is 41.0 Å². The molecule has 9 heteroatoms. The van der Waals surface area contributed by atoms with Crippen molar-refractivity contribution in [3.8, 4) is 0 Å². The van der Waals surface area contributed by atoms with Crippen LogP contribution in [-0.2, 0) is 10.2 Å². The first kappa shape index (κ1) is 18.1. The second-order valence-electron chi connectivity index (χ2n) is 7.96. The molecule has 2 heterocycles. The molecule has 1 spiro atoms. The van der Waals surface area contributed by atoms with Crippen molar-refractivity contribution in [3.05, 3.63) is 52.9 Å². The molecule has 2 aliphatic carbocycles. The average Bonchev–Trinajstić information content (AvgIpc) is 3.60. The van der Waals surface area contributed by atoms with Crippen molar-refractivity contribution in [3.63, 3.8) is 0 Å². The Labute approximate surface area is 164 Å². The Morgan fingerprint density at radius 2 is 1.93 bits per heavy atom. The van der Waals surface area contributed by atoms with Gasteiger partial charge in [0.25, 0.3) is 5.91 Å². The topological polar surface area (TPSA) is 75.2 Å². The number of alkyl halides is 1. The molecule has 150 valence electrons. The van der Waals surface area contributed by atoms with Gasteiger partial charge in [0, 0.05) is 29.0 Å². The van der Waals surface area contributed by atoms with E-state index in [-0.39, 0.29) is 24.6 Å². The number of rotatable bonds is 4. The number of anilines is 1. The van der Waals surface area contributed by atoms with Gasteiger partial charge in [-0.05, 0) is 30.9 Å². The third-order valence-electron chi connectivity index (χ3n) is 5.88. The number of fused-ring (bicyclic) bond motifs is 2. The molecule has 2 fully saturated rings. The van der Waals surface area contributed by atoms with Crippen molar-refractivity contribution in [2.24, 2.45) is 0 Å². The monoisotopic (exact) mass is 402 g/mol. The van der Waals surface area contributed by atoms with Crippen LogP contribution < -0.4 is 5.32 Å². The van der Waals surface area contributed by atoms with Gasteiger partial charge in [0.2, 0.25) is 11.9 Å². The fraction of sp³-hybridized carbons (Fsp3) is 0.400. The molecule has 1 aromatic carbocycles. The highest BCUT2D eigenvalue weighted by Gasteiger charge is 2.54. The van der Waals surface area contributed by atoms with Crippen molar-refractivity contribution in [1.29, 1.82) is 0 Å². The largest absolute Gasteiger partial charge is 0.328 e. The Balaban J connectivity index is 1.38. The van der Waals surface area contributed by atoms with Gasteiger partial charge in [0.05, 0.1) is 12.4 Å². The van der Waals surface area contributed by atoms with Crippen LogP contribution in [0.25, 0.3) is 0 Å². The molecule has 3 aliphatic rings. The average molecular weight is 402 g/mol. The maximum Gasteiger partial charge on any atom is 0.254 e. The Kier molecular flexibility index (Phi) is 3.91. The van der Waals surface area contributed by atoms with Crippen molar-refractivity contribution < 1.29 is 22.8 Å². The molecule has 2 atom stereocenters. The molecule has 1 N–H and O–H groups in total. The Morgan fingerprint density at radius 1 is 1.24 bits per heavy atom. The second-order valence-corrected chi connectivity index (χ2v) is 7.96. The predicted molar refractivity (Wildman–Crippen MR) is 96.1 cm³/mol. The van der Waals surface area contributed by atoms with Crippen LogP contribution in [0.1, 0.15) is 46.7 Å². The molecule has 0 saturated heterocycles. The number of benzene rings is 1. The number of carbonyl (C=O) groups is 2. The Hall–Kier alpha value is -2.97. The summed E-state index contributed by atoms with van der Waals surface area (Å²) in [6, 6.07) is 3.04. The Bertz CT molecular complexity index is 1020. The number of aromatic nitrogens is 2. The molecule has 0 bridgehead atoms. The number of hydrogen-bond donors (Lipinski definition) is 1. The smallest absolute Gasteiger partial charge is 0.254 e. The summed E-state index contributed by atoms with van der Waals surface area (Å²) in [6.07, 6.45) is 2.55. The van der Waals surface area contributed by atoms with Crippen LogP contribution in [0.2, 0.25) is 0 Å². The zero-order valence-electron chi connectivity index (χ0n) is 15.3. The van der Waals surface area contributed by atoms with Crippen molar-refractivity contribution in [1.82, 2.24) is 14.9 Å². The van der Waals surface area contributed by atoms with E-state index >= 15 is 4.39 Å². The minimum absolute atomic E-state index is 0.0664. The van der Waals surface area contributed by atoms with E-state index in [1.54, 1.807) is 6.07 Å². The van der Waals surface area contributed by atoms with Gasteiger partial charge in [0.15, 0.2) is 5.82 Å². The first-order valence-corrected chi connectivity index (χ1v) is 9.41. The normalized spacial score (nSPS) is 23.7. The van der Waals surface area contributed by atoms with E-state index in [1.807, 2.05) is 0 Å². The molecule has 0 unspecified atom stereocenters. The fourth-order valence-corrected chi connectivity index (χ4v) is 4.15. The number of halogens is 3. The highest BCUT2D eigenvalue weighted by atomic mass is 19.1. The van der Waals surface area contributed by atoms with Crippen LogP contribution >= 0.6 is 0 Å². The SMILES string of the molecule is O=C(CN1CC2(CC2)c2c(ccc([C@@H]3C[C@@H]3F)c2F)C1=O)Nc1ncc(F)cn1. The molecule has 2 amide bonds. The van der Waals surface area contributed by atoms with Crippen LogP contribution in [0.4, 0.5) is 19.1 Å². The van der Waals surface area contributed by atoms with Crippen LogP contribution in [0.15, 0.2) is 24.5 Å². The molecule has 6 nitrogen and oxygen atoms in total. The molecule has 0 radical (unpaired) electrons. The van der Waals surface area contributed by atoms with Crippen molar-refractivity contribution >= 4 is 17.8 Å². The number of amides is 2. The van der Waals surface area contributed by atoms with E-state index in [1.165, 1.54) is 11.0 Å². The van der Waals surface area contributed by atoms with Gasteiger partial charge in [-0.2, -0.15) is 0 Å². The van der Waals surface area contributed by atoms with E-state index in [0.717, 1.165) is 12.4 Å². The molecule has 5 rings (SSSR count). The summed E-state index contributed by atoms with van der Waals surface area (Å²) in [5.41, 5.74) is 0.431. The standard InChI is InChI=1S/C20H17F3N4O2/c21-10-6-24-19(25-7-10)26-15(28)8-27-9-20(3-4-20)16-12(18(27)29)2-1-11(17(16)23)13-5-14(13)22/h1-2,6-7,13-14H,3-5,8-9H2,(H,24,25,26,28)/t13-,14-/m0/s1. The van der Waals surface area contributed by atoms with E-state index in [4.69, 9.17) is 0 Å². The third kappa shape index (κ3) is 3.04. The lowest BCUT2D eigenvalue weighted by atomic mass is 9.84. The molecule has 1 aromatic heterocycles. The van der Waals surface area contributed by atoms with Gasteiger partial charge < -0.3 is 4.90 Å². The van der Waals surface area contributed by atoms with Crippen LogP contribution in [-0.4, -0.2) is 45.9 Å². The predicted octanol–water partition coefficient (Wildman–Crippen LogP) is 2.71. The third-order valence-corrected chi connectivity index (χ3v) is 5.88. The molecule has 2 saturated carbocycles. The first-order chi connectivity index (χ1) is 13.9. The maximum absolute atomic E-state index is 15.2. The zero-order chi connectivity index (χ0) is 20.3. The lowest BCUT2D eigenvalue weighted by molar-refractivity contribution is -0.117. The second kappa shape index (κ2) is 6.27. The summed E-state index contributed by atoms with van der Waals surface area (Å²) in [4.78, 5) is 33.9. The number of nitrogens with zero attached hydrogens (tertiary/aromatic N) is 3. The van der Waals surface area contributed by atoms with Gasteiger partial charge in [0.1, 0.15) is 18.5 Å². The Morgan fingerprint density at radius 3 is 2.55 bits per heavy atom. The lowest BCUT2D eigenvalue weighted by Gasteiger charge is -2.35. The van der Waals surface area contributed by atoms with Gasteiger partial charge in [-0.1, -0.05) is 6.07 Å². The van der Waals surface area contributed by atoms with Crippen LogP contribution in [0.5, 0.6) is 0 Å². The van der Waals surface area contributed by atoms with Gasteiger partial charge in [-0.25, -0.2) is 23.1 Å². The number of nitrogens with one attached hydrogen (secondary N) is 1. The molecular weight excluding hydrogens is 385 g/mol. The van der Waals surface area contributed by atoms with Gasteiger partial charge >= 0.3 is 0 Å². The first-order valence-electron chi connectivity index (χ1n) is 9.41. The number of carbonyl (C=O) groups excluding carboxylic acids is 2. The summed E-state index contributed by atoms with van der Waals surface area (Å²) in [5, 5.41) is 2.42. The van der Waals surface area contributed by atoms with Crippen molar-refractivity contribution in [2.45, 2.75) is 36.8 Å². The van der Waals surface area contributed by atoms with Gasteiger partial charge in [-0.3, -0.25) is 14.9 Å². The van der Waals surface area contributed by atoms with Crippen LogP contribution in [0, 0.1) is 11.6 Å². The number of hydrogen-bond acceptors (Lipinski definition) is 4. The van der Waals surface area contributed by atoms with E-state index in [2.05, 4.69) is 15.3 Å². The maximum atomic E-state index is 15.2. The quantitative estimate of drug-likeness (QED) is 0.853. The molecule has 1 aliphatic heterocycles. The van der Waals surface area contributed by atoms with Crippen LogP contribution in [0.3, 0.4) is 0 Å². The molecule has 29 heavy (non-hydrogen) atoms. The highest BCUT2D eigenvalue weighted by Crippen LogP contribution is 2.55. The summed E-state index contributed by atoms with van der Waals surface area (Å²) >= 11 is 0.